The molecule has 0 radical (unpaired) electrons. The Labute approximate surface area is 84.4 Å². The summed E-state index contributed by atoms with van der Waals surface area (Å²) in [5.41, 5.74) is 2.07. The molecule has 0 aliphatic heterocycles. The molecule has 0 N–H and O–H groups in total. The van der Waals surface area contributed by atoms with Crippen LogP contribution >= 0.6 is 11.6 Å². The number of aryl methyl sites for hydroxylation is 2. The molecule has 0 amide bonds. The van der Waals surface area contributed by atoms with Gasteiger partial charge in [-0.05, 0) is 12.8 Å². The minimum Gasteiger partial charge on any atom is -0.238 e. The fourth-order valence-corrected chi connectivity index (χ4v) is 1.87. The van der Waals surface area contributed by atoms with Gasteiger partial charge in [-0.25, -0.2) is 9.97 Å². The standard InChI is InChI=1S/C10H15ClN2/c1-5-8-12-7(4)9(6(2)3)10(11)13-8/h6H,5H2,1-4H3. The Morgan fingerprint density at radius 1 is 1.31 bits per heavy atom. The molecule has 0 spiro atoms. The van der Waals surface area contributed by atoms with Gasteiger partial charge in [-0.2, -0.15) is 0 Å². The third-order valence-electron chi connectivity index (χ3n) is 2.03. The monoisotopic (exact) mass is 198 g/mol. The van der Waals surface area contributed by atoms with Crippen molar-refractivity contribution in [2.24, 2.45) is 0 Å². The molecule has 1 heterocycles. The number of aromatic nitrogens is 2. The van der Waals surface area contributed by atoms with Crippen LogP contribution in [-0.2, 0) is 6.42 Å². The number of rotatable bonds is 2. The first-order valence-electron chi connectivity index (χ1n) is 4.59. The van der Waals surface area contributed by atoms with Crippen LogP contribution in [0.2, 0.25) is 5.15 Å². The Kier molecular flexibility index (Phi) is 3.26. The molecule has 3 heteroatoms. The van der Waals surface area contributed by atoms with Crippen molar-refractivity contribution in [3.8, 4) is 0 Å². The maximum Gasteiger partial charge on any atom is 0.136 e. The predicted octanol–water partition coefficient (Wildman–Crippen LogP) is 3.12. The van der Waals surface area contributed by atoms with Crippen molar-refractivity contribution in [1.29, 1.82) is 0 Å². The maximum absolute atomic E-state index is 6.06. The van der Waals surface area contributed by atoms with E-state index in [1.54, 1.807) is 0 Å². The maximum atomic E-state index is 6.06. The molecule has 72 valence electrons. The van der Waals surface area contributed by atoms with Crippen LogP contribution in [0.4, 0.5) is 0 Å². The van der Waals surface area contributed by atoms with Crippen LogP contribution in [0.1, 0.15) is 43.8 Å². The predicted molar refractivity (Wildman–Crippen MR) is 55.2 cm³/mol. The lowest BCUT2D eigenvalue weighted by Crippen LogP contribution is -2.03. The molecule has 1 aromatic heterocycles. The molecule has 1 aromatic rings. The van der Waals surface area contributed by atoms with Crippen LogP contribution in [-0.4, -0.2) is 9.97 Å². The Morgan fingerprint density at radius 2 is 1.92 bits per heavy atom. The minimum absolute atomic E-state index is 0.387. The van der Waals surface area contributed by atoms with E-state index < -0.39 is 0 Å². The summed E-state index contributed by atoms with van der Waals surface area (Å²) >= 11 is 6.06. The van der Waals surface area contributed by atoms with E-state index in [0.717, 1.165) is 23.5 Å². The zero-order chi connectivity index (χ0) is 10.0. The third-order valence-corrected chi connectivity index (χ3v) is 2.32. The number of hydrogen-bond acceptors (Lipinski definition) is 2. The van der Waals surface area contributed by atoms with Gasteiger partial charge in [-0.15, -0.1) is 0 Å². The summed E-state index contributed by atoms with van der Waals surface area (Å²) in [5, 5.41) is 0.611. The quantitative estimate of drug-likeness (QED) is 0.683. The summed E-state index contributed by atoms with van der Waals surface area (Å²) in [5.74, 6) is 1.21. The van der Waals surface area contributed by atoms with Crippen molar-refractivity contribution >= 4 is 11.6 Å². The van der Waals surface area contributed by atoms with Crippen LogP contribution < -0.4 is 0 Å². The molecule has 0 saturated carbocycles. The molecule has 1 rings (SSSR count). The summed E-state index contributed by atoms with van der Waals surface area (Å²) in [4.78, 5) is 8.61. The second-order valence-corrected chi connectivity index (χ2v) is 3.80. The summed E-state index contributed by atoms with van der Waals surface area (Å²) in [7, 11) is 0. The van der Waals surface area contributed by atoms with Gasteiger partial charge < -0.3 is 0 Å². The molecule has 2 nitrogen and oxygen atoms in total. The third kappa shape index (κ3) is 2.19. The largest absolute Gasteiger partial charge is 0.238 e. The van der Waals surface area contributed by atoms with Crippen LogP contribution in [0.25, 0.3) is 0 Å². The first-order valence-corrected chi connectivity index (χ1v) is 4.97. The molecule has 0 aliphatic rings. The van der Waals surface area contributed by atoms with Crippen molar-refractivity contribution in [2.75, 3.05) is 0 Å². The fourth-order valence-electron chi connectivity index (χ4n) is 1.42. The van der Waals surface area contributed by atoms with Crippen LogP contribution in [0.3, 0.4) is 0 Å². The highest BCUT2D eigenvalue weighted by molar-refractivity contribution is 6.30. The molecule has 0 saturated heterocycles. The van der Waals surface area contributed by atoms with Gasteiger partial charge in [0.2, 0.25) is 0 Å². The lowest BCUT2D eigenvalue weighted by molar-refractivity contribution is 0.806. The number of hydrogen-bond donors (Lipinski definition) is 0. The molecule has 0 bridgehead atoms. The van der Waals surface area contributed by atoms with Gasteiger partial charge in [0.25, 0.3) is 0 Å². The smallest absolute Gasteiger partial charge is 0.136 e. The number of halogens is 1. The van der Waals surface area contributed by atoms with Gasteiger partial charge in [0, 0.05) is 17.7 Å². The van der Waals surface area contributed by atoms with Crippen molar-refractivity contribution in [3.63, 3.8) is 0 Å². The van der Waals surface area contributed by atoms with Gasteiger partial charge in [-0.3, -0.25) is 0 Å². The fraction of sp³-hybridized carbons (Fsp3) is 0.600. The summed E-state index contributed by atoms with van der Waals surface area (Å²) in [6, 6.07) is 0. The highest BCUT2D eigenvalue weighted by Gasteiger charge is 2.11. The average Bonchev–Trinajstić information content (AvgIpc) is 2.02. The molecular weight excluding hydrogens is 184 g/mol. The van der Waals surface area contributed by atoms with E-state index in [9.17, 15) is 0 Å². The summed E-state index contributed by atoms with van der Waals surface area (Å²) in [6.07, 6.45) is 0.832. The second kappa shape index (κ2) is 4.05. The lowest BCUT2D eigenvalue weighted by atomic mass is 10.0. The lowest BCUT2D eigenvalue weighted by Gasteiger charge is -2.11. The van der Waals surface area contributed by atoms with E-state index in [1.807, 2.05) is 13.8 Å². The zero-order valence-corrected chi connectivity index (χ0v) is 9.31. The van der Waals surface area contributed by atoms with E-state index in [-0.39, 0.29) is 0 Å². The first kappa shape index (κ1) is 10.5. The van der Waals surface area contributed by atoms with E-state index in [1.165, 1.54) is 0 Å². The average molecular weight is 199 g/mol. The highest BCUT2D eigenvalue weighted by Crippen LogP contribution is 2.24. The normalized spacial score (nSPS) is 10.9. The van der Waals surface area contributed by atoms with Crippen molar-refractivity contribution in [1.82, 2.24) is 9.97 Å². The van der Waals surface area contributed by atoms with Gasteiger partial charge in [0.1, 0.15) is 11.0 Å². The molecule has 0 unspecified atom stereocenters. The van der Waals surface area contributed by atoms with Crippen LogP contribution in [0.15, 0.2) is 0 Å². The Bertz CT molecular complexity index is 285. The molecule has 0 aromatic carbocycles. The molecular formula is C10H15ClN2. The van der Waals surface area contributed by atoms with Crippen molar-refractivity contribution in [2.45, 2.75) is 40.0 Å². The van der Waals surface area contributed by atoms with E-state index in [4.69, 9.17) is 11.6 Å². The van der Waals surface area contributed by atoms with Crippen LogP contribution in [0, 0.1) is 6.92 Å². The van der Waals surface area contributed by atoms with Gasteiger partial charge >= 0.3 is 0 Å². The number of nitrogens with zero attached hydrogens (tertiary/aromatic N) is 2. The van der Waals surface area contributed by atoms with Crippen molar-refractivity contribution < 1.29 is 0 Å². The van der Waals surface area contributed by atoms with Gasteiger partial charge in [0.05, 0.1) is 0 Å². The zero-order valence-electron chi connectivity index (χ0n) is 8.56. The molecule has 13 heavy (non-hydrogen) atoms. The molecule has 0 atom stereocenters. The van der Waals surface area contributed by atoms with Crippen LogP contribution in [0.5, 0.6) is 0 Å². The Hall–Kier alpha value is -0.630. The van der Waals surface area contributed by atoms with Gasteiger partial charge in [-0.1, -0.05) is 32.4 Å². The van der Waals surface area contributed by atoms with Gasteiger partial charge in [0.15, 0.2) is 0 Å². The van der Waals surface area contributed by atoms with E-state index >= 15 is 0 Å². The SMILES string of the molecule is CCc1nc(C)c(C(C)C)c(Cl)n1. The first-order chi connectivity index (χ1) is 6.06. The molecule has 0 fully saturated rings. The molecule has 0 aliphatic carbocycles. The topological polar surface area (TPSA) is 25.8 Å². The Balaban J connectivity index is 3.23. The highest BCUT2D eigenvalue weighted by atomic mass is 35.5. The van der Waals surface area contributed by atoms with E-state index in [2.05, 4.69) is 23.8 Å². The Morgan fingerprint density at radius 3 is 2.31 bits per heavy atom. The van der Waals surface area contributed by atoms with Crippen molar-refractivity contribution in [3.05, 3.63) is 22.2 Å². The van der Waals surface area contributed by atoms with E-state index in [0.29, 0.717) is 11.1 Å². The summed E-state index contributed by atoms with van der Waals surface area (Å²) in [6.45, 7) is 8.22. The second-order valence-electron chi connectivity index (χ2n) is 3.44. The summed E-state index contributed by atoms with van der Waals surface area (Å²) < 4.78 is 0. The minimum atomic E-state index is 0.387.